The molecular formula is C14H30N2O2. The van der Waals surface area contributed by atoms with Crippen molar-refractivity contribution in [2.45, 2.75) is 57.1 Å². The third-order valence-electron chi connectivity index (χ3n) is 3.57. The molecule has 0 amide bonds. The molecule has 1 saturated carbocycles. The molecule has 1 aliphatic carbocycles. The molecule has 0 aromatic carbocycles. The van der Waals surface area contributed by atoms with Crippen LogP contribution in [-0.4, -0.2) is 45.6 Å². The van der Waals surface area contributed by atoms with Crippen LogP contribution in [0.4, 0.5) is 0 Å². The van der Waals surface area contributed by atoms with Crippen molar-refractivity contribution in [1.29, 1.82) is 0 Å². The lowest BCUT2D eigenvalue weighted by molar-refractivity contribution is 0.0279. The molecule has 0 spiro atoms. The molecule has 1 fully saturated rings. The summed E-state index contributed by atoms with van der Waals surface area (Å²) in [5.41, 5.74) is 5.53. The quantitative estimate of drug-likeness (QED) is 0.585. The standard InChI is InChI=1S/C14H30N2O2/c1-17-12-13(6-5-9-15)16-10-11-18-14-7-3-2-4-8-14/h13-14,16H,2-12,15H2,1H3. The molecule has 1 rings (SSSR count). The van der Waals surface area contributed by atoms with Crippen molar-refractivity contribution in [2.75, 3.05) is 33.4 Å². The lowest BCUT2D eigenvalue weighted by atomic mass is 9.98. The van der Waals surface area contributed by atoms with E-state index >= 15 is 0 Å². The van der Waals surface area contributed by atoms with Gasteiger partial charge in [0.2, 0.25) is 0 Å². The van der Waals surface area contributed by atoms with E-state index in [1.54, 1.807) is 7.11 Å². The van der Waals surface area contributed by atoms with Gasteiger partial charge < -0.3 is 20.5 Å². The van der Waals surface area contributed by atoms with Crippen molar-refractivity contribution in [2.24, 2.45) is 5.73 Å². The molecule has 3 N–H and O–H groups in total. The molecule has 0 aromatic rings. The maximum Gasteiger partial charge on any atom is 0.0615 e. The minimum atomic E-state index is 0.411. The summed E-state index contributed by atoms with van der Waals surface area (Å²) < 4.78 is 11.1. The normalized spacial score (nSPS) is 19.0. The van der Waals surface area contributed by atoms with Crippen molar-refractivity contribution >= 4 is 0 Å². The first-order chi connectivity index (χ1) is 8.86. The van der Waals surface area contributed by atoms with E-state index in [0.717, 1.165) is 39.1 Å². The van der Waals surface area contributed by atoms with Crippen LogP contribution in [0.1, 0.15) is 44.9 Å². The van der Waals surface area contributed by atoms with Crippen LogP contribution < -0.4 is 11.1 Å². The highest BCUT2D eigenvalue weighted by Crippen LogP contribution is 2.19. The topological polar surface area (TPSA) is 56.5 Å². The molecule has 4 heteroatoms. The van der Waals surface area contributed by atoms with E-state index in [-0.39, 0.29) is 0 Å². The summed E-state index contributed by atoms with van der Waals surface area (Å²) in [5, 5.41) is 3.49. The Balaban J connectivity index is 2.02. The summed E-state index contributed by atoms with van der Waals surface area (Å²) in [6.07, 6.45) is 9.17. The lowest BCUT2D eigenvalue weighted by Crippen LogP contribution is -2.36. The van der Waals surface area contributed by atoms with E-state index < -0.39 is 0 Å². The molecule has 0 aromatic heterocycles. The van der Waals surface area contributed by atoms with Gasteiger partial charge in [-0.15, -0.1) is 0 Å². The summed E-state index contributed by atoms with van der Waals surface area (Å²) in [5.74, 6) is 0. The zero-order valence-electron chi connectivity index (χ0n) is 11.8. The van der Waals surface area contributed by atoms with Gasteiger partial charge in [0.1, 0.15) is 0 Å². The second kappa shape index (κ2) is 10.7. The van der Waals surface area contributed by atoms with Gasteiger partial charge in [0, 0.05) is 19.7 Å². The number of rotatable bonds is 10. The Bertz CT molecular complexity index is 185. The average molecular weight is 258 g/mol. The molecule has 1 unspecified atom stereocenters. The summed E-state index contributed by atoms with van der Waals surface area (Å²) in [6.45, 7) is 3.23. The monoisotopic (exact) mass is 258 g/mol. The van der Waals surface area contributed by atoms with E-state index in [1.165, 1.54) is 32.1 Å². The first kappa shape index (κ1) is 15.9. The second-order valence-corrected chi connectivity index (χ2v) is 5.17. The molecule has 18 heavy (non-hydrogen) atoms. The van der Waals surface area contributed by atoms with Crippen molar-refractivity contribution in [3.05, 3.63) is 0 Å². The first-order valence-corrected chi connectivity index (χ1v) is 7.40. The van der Waals surface area contributed by atoms with Crippen molar-refractivity contribution < 1.29 is 9.47 Å². The highest BCUT2D eigenvalue weighted by molar-refractivity contribution is 4.68. The summed E-state index contributed by atoms with van der Waals surface area (Å²) in [7, 11) is 1.75. The van der Waals surface area contributed by atoms with E-state index in [0.29, 0.717) is 12.1 Å². The first-order valence-electron chi connectivity index (χ1n) is 7.40. The highest BCUT2D eigenvalue weighted by atomic mass is 16.5. The smallest absolute Gasteiger partial charge is 0.0615 e. The van der Waals surface area contributed by atoms with Crippen molar-refractivity contribution in [1.82, 2.24) is 5.32 Å². The van der Waals surface area contributed by atoms with E-state index in [1.807, 2.05) is 0 Å². The Morgan fingerprint density at radius 1 is 1.28 bits per heavy atom. The minimum Gasteiger partial charge on any atom is -0.383 e. The van der Waals surface area contributed by atoms with E-state index in [9.17, 15) is 0 Å². The zero-order chi connectivity index (χ0) is 13.1. The molecule has 0 saturated heterocycles. The Morgan fingerprint density at radius 2 is 2.06 bits per heavy atom. The molecule has 1 atom stereocenters. The van der Waals surface area contributed by atoms with Gasteiger partial charge in [-0.2, -0.15) is 0 Å². The maximum absolute atomic E-state index is 5.89. The molecule has 0 aliphatic heterocycles. The lowest BCUT2D eigenvalue weighted by Gasteiger charge is -2.23. The Kier molecular flexibility index (Phi) is 9.48. The van der Waals surface area contributed by atoms with Gasteiger partial charge in [-0.3, -0.25) is 0 Å². The number of hydrogen-bond acceptors (Lipinski definition) is 4. The number of nitrogens with one attached hydrogen (secondary N) is 1. The SMILES string of the molecule is COCC(CCCN)NCCOC1CCCCC1. The molecule has 0 radical (unpaired) electrons. The van der Waals surface area contributed by atoms with Gasteiger partial charge in [0.15, 0.2) is 0 Å². The Hall–Kier alpha value is -0.160. The fourth-order valence-electron chi connectivity index (χ4n) is 2.53. The van der Waals surface area contributed by atoms with E-state index in [2.05, 4.69) is 5.32 Å². The Morgan fingerprint density at radius 3 is 2.72 bits per heavy atom. The maximum atomic E-state index is 5.89. The molecule has 0 bridgehead atoms. The number of ether oxygens (including phenoxy) is 2. The summed E-state index contributed by atoms with van der Waals surface area (Å²) in [4.78, 5) is 0. The van der Waals surface area contributed by atoms with Crippen LogP contribution in [0.3, 0.4) is 0 Å². The number of methoxy groups -OCH3 is 1. The molecular weight excluding hydrogens is 228 g/mol. The predicted molar refractivity (Wildman–Crippen MR) is 74.8 cm³/mol. The largest absolute Gasteiger partial charge is 0.383 e. The van der Waals surface area contributed by atoms with Crippen LogP contribution in [0.5, 0.6) is 0 Å². The van der Waals surface area contributed by atoms with Crippen molar-refractivity contribution in [3.8, 4) is 0 Å². The highest BCUT2D eigenvalue weighted by Gasteiger charge is 2.13. The van der Waals surface area contributed by atoms with Gasteiger partial charge in [0.25, 0.3) is 0 Å². The third kappa shape index (κ3) is 7.31. The Labute approximate surface area is 112 Å². The molecule has 4 nitrogen and oxygen atoms in total. The van der Waals surface area contributed by atoms with Gasteiger partial charge >= 0.3 is 0 Å². The van der Waals surface area contributed by atoms with Crippen LogP contribution in [0.25, 0.3) is 0 Å². The zero-order valence-corrected chi connectivity index (χ0v) is 11.8. The summed E-state index contributed by atoms with van der Waals surface area (Å²) in [6, 6.07) is 0.411. The van der Waals surface area contributed by atoms with Gasteiger partial charge in [-0.1, -0.05) is 19.3 Å². The van der Waals surface area contributed by atoms with Crippen LogP contribution >= 0.6 is 0 Å². The second-order valence-electron chi connectivity index (χ2n) is 5.17. The van der Waals surface area contributed by atoms with Crippen LogP contribution in [0.2, 0.25) is 0 Å². The molecule has 108 valence electrons. The third-order valence-corrected chi connectivity index (χ3v) is 3.57. The minimum absolute atomic E-state index is 0.411. The molecule has 1 aliphatic rings. The fourth-order valence-corrected chi connectivity index (χ4v) is 2.53. The fraction of sp³-hybridized carbons (Fsp3) is 1.00. The average Bonchev–Trinajstić information content (AvgIpc) is 2.42. The van der Waals surface area contributed by atoms with Crippen molar-refractivity contribution in [3.63, 3.8) is 0 Å². The summed E-state index contributed by atoms with van der Waals surface area (Å²) >= 11 is 0. The van der Waals surface area contributed by atoms with Gasteiger partial charge in [0.05, 0.1) is 19.3 Å². The van der Waals surface area contributed by atoms with Crippen LogP contribution in [0.15, 0.2) is 0 Å². The van der Waals surface area contributed by atoms with Crippen LogP contribution in [0, 0.1) is 0 Å². The predicted octanol–water partition coefficient (Wildman–Crippen LogP) is 1.68. The van der Waals surface area contributed by atoms with Crippen LogP contribution in [-0.2, 0) is 9.47 Å². The van der Waals surface area contributed by atoms with Gasteiger partial charge in [-0.05, 0) is 32.2 Å². The van der Waals surface area contributed by atoms with E-state index in [4.69, 9.17) is 15.2 Å². The number of hydrogen-bond donors (Lipinski definition) is 2. The van der Waals surface area contributed by atoms with Gasteiger partial charge in [-0.25, -0.2) is 0 Å². The molecule has 0 heterocycles. The number of nitrogens with two attached hydrogens (primary N) is 1.